The van der Waals surface area contributed by atoms with Crippen molar-refractivity contribution in [3.05, 3.63) is 23.7 Å². The lowest BCUT2D eigenvalue weighted by molar-refractivity contribution is 0.0898. The van der Waals surface area contributed by atoms with Crippen molar-refractivity contribution in [3.63, 3.8) is 0 Å². The Kier molecular flexibility index (Phi) is 2.68. The molecule has 1 N–H and O–H groups in total. The third-order valence-electron chi connectivity index (χ3n) is 2.61. The summed E-state index contributed by atoms with van der Waals surface area (Å²) < 4.78 is 5.31. The standard InChI is InChI=1S/C11H15NO2/c1-8-5-6-10(14-8)11(13)9-4-2-3-7-12-9/h5-6,9,12H,2-4,7H2,1H3. The van der Waals surface area contributed by atoms with Gasteiger partial charge in [-0.25, -0.2) is 0 Å². The Balaban J connectivity index is 2.07. The maximum atomic E-state index is 11.9. The highest BCUT2D eigenvalue weighted by molar-refractivity contribution is 5.97. The van der Waals surface area contributed by atoms with Gasteiger partial charge < -0.3 is 9.73 Å². The number of Topliss-reactive ketones (excluding diaryl/α,β-unsaturated/α-hetero) is 1. The molecule has 3 heteroatoms. The number of piperidine rings is 1. The van der Waals surface area contributed by atoms with Crippen molar-refractivity contribution >= 4 is 5.78 Å². The monoisotopic (exact) mass is 193 g/mol. The number of nitrogens with one attached hydrogen (secondary N) is 1. The van der Waals surface area contributed by atoms with Crippen molar-refractivity contribution in [2.45, 2.75) is 32.2 Å². The van der Waals surface area contributed by atoms with Gasteiger partial charge >= 0.3 is 0 Å². The molecule has 1 atom stereocenters. The van der Waals surface area contributed by atoms with Gasteiger partial charge in [0.25, 0.3) is 0 Å². The molecule has 0 bridgehead atoms. The number of hydrogen-bond donors (Lipinski definition) is 1. The summed E-state index contributed by atoms with van der Waals surface area (Å²) >= 11 is 0. The summed E-state index contributed by atoms with van der Waals surface area (Å²) in [5.41, 5.74) is 0. The normalized spacial score (nSPS) is 22.2. The summed E-state index contributed by atoms with van der Waals surface area (Å²) in [6.07, 6.45) is 3.22. The number of furan rings is 1. The molecule has 0 radical (unpaired) electrons. The van der Waals surface area contributed by atoms with Gasteiger partial charge in [0.1, 0.15) is 5.76 Å². The fourth-order valence-electron chi connectivity index (χ4n) is 1.81. The molecule has 14 heavy (non-hydrogen) atoms. The first kappa shape index (κ1) is 9.46. The van der Waals surface area contributed by atoms with Crippen LogP contribution in [0.2, 0.25) is 0 Å². The molecule has 1 unspecified atom stereocenters. The van der Waals surface area contributed by atoms with E-state index in [-0.39, 0.29) is 11.8 Å². The van der Waals surface area contributed by atoms with Crippen molar-refractivity contribution in [2.75, 3.05) is 6.54 Å². The third kappa shape index (κ3) is 1.87. The van der Waals surface area contributed by atoms with Crippen molar-refractivity contribution in [1.29, 1.82) is 0 Å². The highest BCUT2D eigenvalue weighted by Gasteiger charge is 2.23. The van der Waals surface area contributed by atoms with Crippen LogP contribution in [0.5, 0.6) is 0 Å². The molecule has 1 aromatic rings. The Labute approximate surface area is 83.5 Å². The van der Waals surface area contributed by atoms with Gasteiger partial charge in [0.05, 0.1) is 6.04 Å². The highest BCUT2D eigenvalue weighted by Crippen LogP contribution is 2.14. The van der Waals surface area contributed by atoms with E-state index < -0.39 is 0 Å². The van der Waals surface area contributed by atoms with Crippen molar-refractivity contribution in [1.82, 2.24) is 5.32 Å². The average Bonchev–Trinajstić information content (AvgIpc) is 2.65. The van der Waals surface area contributed by atoms with Crippen LogP contribution in [0.25, 0.3) is 0 Å². The van der Waals surface area contributed by atoms with Crippen LogP contribution in [0.4, 0.5) is 0 Å². The van der Waals surface area contributed by atoms with Crippen LogP contribution in [0, 0.1) is 6.92 Å². The van der Waals surface area contributed by atoms with Crippen molar-refractivity contribution in [3.8, 4) is 0 Å². The lowest BCUT2D eigenvalue weighted by Crippen LogP contribution is -2.40. The molecular formula is C11H15NO2. The maximum absolute atomic E-state index is 11.9. The first-order valence-electron chi connectivity index (χ1n) is 5.11. The van der Waals surface area contributed by atoms with E-state index in [9.17, 15) is 4.79 Å². The predicted molar refractivity (Wildman–Crippen MR) is 53.4 cm³/mol. The molecule has 3 nitrogen and oxygen atoms in total. The molecule has 0 saturated carbocycles. The number of rotatable bonds is 2. The fraction of sp³-hybridized carbons (Fsp3) is 0.545. The Morgan fingerprint density at radius 3 is 2.93 bits per heavy atom. The van der Waals surface area contributed by atoms with Crippen LogP contribution in [0.1, 0.15) is 35.6 Å². The van der Waals surface area contributed by atoms with E-state index in [4.69, 9.17) is 4.42 Å². The Bertz CT molecular complexity index is 324. The molecule has 1 aliphatic heterocycles. The van der Waals surface area contributed by atoms with Gasteiger partial charge in [0.15, 0.2) is 5.76 Å². The summed E-state index contributed by atoms with van der Waals surface area (Å²) in [4.78, 5) is 11.9. The zero-order chi connectivity index (χ0) is 9.97. The molecule has 2 heterocycles. The molecule has 0 aromatic carbocycles. The predicted octanol–water partition coefficient (Wildman–Crippen LogP) is 1.91. The maximum Gasteiger partial charge on any atom is 0.214 e. The number of aryl methyl sites for hydroxylation is 1. The van der Waals surface area contributed by atoms with Gasteiger partial charge in [-0.15, -0.1) is 0 Å². The number of ketones is 1. The number of carbonyl (C=O) groups excluding carboxylic acids is 1. The van der Waals surface area contributed by atoms with Crippen LogP contribution in [0.15, 0.2) is 16.5 Å². The number of hydrogen-bond acceptors (Lipinski definition) is 3. The second kappa shape index (κ2) is 3.96. The zero-order valence-corrected chi connectivity index (χ0v) is 8.38. The second-order valence-corrected chi connectivity index (χ2v) is 3.78. The quantitative estimate of drug-likeness (QED) is 0.729. The Morgan fingerprint density at radius 2 is 2.36 bits per heavy atom. The Hall–Kier alpha value is -1.09. The summed E-state index contributed by atoms with van der Waals surface area (Å²) in [6, 6.07) is 3.55. The molecule has 1 aliphatic rings. The van der Waals surface area contributed by atoms with Crippen molar-refractivity contribution in [2.24, 2.45) is 0 Å². The van der Waals surface area contributed by atoms with Gasteiger partial charge in [-0.3, -0.25) is 4.79 Å². The lowest BCUT2D eigenvalue weighted by atomic mass is 10.00. The lowest BCUT2D eigenvalue weighted by Gasteiger charge is -2.20. The summed E-state index contributed by atoms with van der Waals surface area (Å²) in [5.74, 6) is 1.38. The Morgan fingerprint density at radius 1 is 1.50 bits per heavy atom. The zero-order valence-electron chi connectivity index (χ0n) is 8.38. The van der Waals surface area contributed by atoms with Crippen LogP contribution in [0.3, 0.4) is 0 Å². The topological polar surface area (TPSA) is 42.2 Å². The van der Waals surface area contributed by atoms with E-state index in [1.807, 2.05) is 13.0 Å². The highest BCUT2D eigenvalue weighted by atomic mass is 16.3. The molecule has 1 saturated heterocycles. The van der Waals surface area contributed by atoms with Crippen LogP contribution >= 0.6 is 0 Å². The van der Waals surface area contributed by atoms with E-state index in [1.54, 1.807) is 6.07 Å². The number of carbonyl (C=O) groups is 1. The van der Waals surface area contributed by atoms with Gasteiger partial charge in [-0.2, -0.15) is 0 Å². The second-order valence-electron chi connectivity index (χ2n) is 3.78. The average molecular weight is 193 g/mol. The van der Waals surface area contributed by atoms with Crippen LogP contribution < -0.4 is 5.32 Å². The van der Waals surface area contributed by atoms with E-state index in [2.05, 4.69) is 5.32 Å². The summed E-state index contributed by atoms with van der Waals surface area (Å²) in [7, 11) is 0. The van der Waals surface area contributed by atoms with E-state index in [0.717, 1.165) is 25.1 Å². The van der Waals surface area contributed by atoms with Crippen LogP contribution in [-0.2, 0) is 0 Å². The minimum Gasteiger partial charge on any atom is -0.458 e. The SMILES string of the molecule is Cc1ccc(C(=O)C2CCCCN2)o1. The van der Waals surface area contributed by atoms with E-state index >= 15 is 0 Å². The fourth-order valence-corrected chi connectivity index (χ4v) is 1.81. The van der Waals surface area contributed by atoms with Gasteiger partial charge in [0, 0.05) is 0 Å². The molecular weight excluding hydrogens is 178 g/mol. The smallest absolute Gasteiger partial charge is 0.214 e. The molecule has 1 fully saturated rings. The molecule has 0 spiro atoms. The van der Waals surface area contributed by atoms with Gasteiger partial charge in [-0.05, 0) is 38.4 Å². The van der Waals surface area contributed by atoms with Crippen LogP contribution in [-0.4, -0.2) is 18.4 Å². The van der Waals surface area contributed by atoms with Gasteiger partial charge in [-0.1, -0.05) is 6.42 Å². The largest absolute Gasteiger partial charge is 0.458 e. The first-order valence-corrected chi connectivity index (χ1v) is 5.11. The third-order valence-corrected chi connectivity index (χ3v) is 2.61. The minimum atomic E-state index is -0.0331. The van der Waals surface area contributed by atoms with E-state index in [1.165, 1.54) is 6.42 Å². The molecule has 2 rings (SSSR count). The van der Waals surface area contributed by atoms with E-state index in [0.29, 0.717) is 5.76 Å². The van der Waals surface area contributed by atoms with Crippen molar-refractivity contribution < 1.29 is 9.21 Å². The molecule has 0 aliphatic carbocycles. The summed E-state index contributed by atoms with van der Waals surface area (Å²) in [6.45, 7) is 2.79. The van der Waals surface area contributed by atoms with Gasteiger partial charge in [0.2, 0.25) is 5.78 Å². The molecule has 0 amide bonds. The first-order chi connectivity index (χ1) is 6.77. The molecule has 1 aromatic heterocycles. The minimum absolute atomic E-state index is 0.0331. The molecule has 76 valence electrons. The summed E-state index contributed by atoms with van der Waals surface area (Å²) in [5, 5.41) is 3.22.